The Morgan fingerprint density at radius 3 is 2.86 bits per heavy atom. The third kappa shape index (κ3) is 4.54. The van der Waals surface area contributed by atoms with Crippen LogP contribution in [0.3, 0.4) is 0 Å². The normalized spacial score (nSPS) is 10.9. The predicted molar refractivity (Wildman–Crippen MR) is 79.1 cm³/mol. The Morgan fingerprint density at radius 1 is 1.29 bits per heavy atom. The van der Waals surface area contributed by atoms with E-state index in [1.165, 1.54) is 6.07 Å². The highest BCUT2D eigenvalue weighted by Gasteiger charge is 2.12. The lowest BCUT2D eigenvalue weighted by Crippen LogP contribution is -2.13. The molecular formula is C15H16BrF2NO2. The summed E-state index contributed by atoms with van der Waals surface area (Å²) in [5, 5.41) is 3.25. The Labute approximate surface area is 130 Å². The molecule has 114 valence electrons. The molecule has 0 spiro atoms. The van der Waals surface area contributed by atoms with Crippen LogP contribution in [0, 0.1) is 11.6 Å². The standard InChI is InChI=1S/C15H16BrF2NO2/c1-2-3-19-7-10-4-12(20-8-10)9-21-14-6-11(16)5-13(17)15(14)18/h4-6,8,19H,2-3,7,9H2,1H3. The second kappa shape index (κ2) is 7.56. The second-order valence-corrected chi connectivity index (χ2v) is 5.50. The lowest BCUT2D eigenvalue weighted by atomic mass is 10.3. The van der Waals surface area contributed by atoms with Crippen molar-refractivity contribution in [3.05, 3.63) is 51.9 Å². The van der Waals surface area contributed by atoms with E-state index in [-0.39, 0.29) is 12.4 Å². The first-order chi connectivity index (χ1) is 10.1. The molecule has 2 rings (SSSR count). The SMILES string of the molecule is CCCNCc1coc(COc2cc(Br)cc(F)c2F)c1. The quantitative estimate of drug-likeness (QED) is 0.587. The van der Waals surface area contributed by atoms with Gasteiger partial charge in [0.25, 0.3) is 0 Å². The second-order valence-electron chi connectivity index (χ2n) is 4.59. The minimum absolute atomic E-state index is 0.0423. The van der Waals surface area contributed by atoms with E-state index < -0.39 is 11.6 Å². The molecule has 0 fully saturated rings. The third-order valence-electron chi connectivity index (χ3n) is 2.79. The van der Waals surface area contributed by atoms with E-state index in [4.69, 9.17) is 9.15 Å². The van der Waals surface area contributed by atoms with Crippen molar-refractivity contribution in [1.82, 2.24) is 5.32 Å². The van der Waals surface area contributed by atoms with Crippen molar-refractivity contribution in [2.75, 3.05) is 6.54 Å². The van der Waals surface area contributed by atoms with E-state index in [0.717, 1.165) is 24.6 Å². The van der Waals surface area contributed by atoms with E-state index >= 15 is 0 Å². The average molecular weight is 360 g/mol. The average Bonchev–Trinajstić information content (AvgIpc) is 2.89. The van der Waals surface area contributed by atoms with Crippen molar-refractivity contribution in [2.24, 2.45) is 0 Å². The molecule has 0 atom stereocenters. The van der Waals surface area contributed by atoms with Crippen LogP contribution in [-0.4, -0.2) is 6.54 Å². The van der Waals surface area contributed by atoms with Gasteiger partial charge in [-0.2, -0.15) is 4.39 Å². The Hall–Kier alpha value is -1.40. The summed E-state index contributed by atoms with van der Waals surface area (Å²) in [6, 6.07) is 4.26. The summed E-state index contributed by atoms with van der Waals surface area (Å²) < 4.78 is 37.8. The molecule has 3 nitrogen and oxygen atoms in total. The summed E-state index contributed by atoms with van der Waals surface area (Å²) >= 11 is 3.09. The zero-order valence-corrected chi connectivity index (χ0v) is 13.2. The van der Waals surface area contributed by atoms with Crippen molar-refractivity contribution in [1.29, 1.82) is 0 Å². The summed E-state index contributed by atoms with van der Waals surface area (Å²) in [5.74, 6) is -1.55. The van der Waals surface area contributed by atoms with Gasteiger partial charge in [0.1, 0.15) is 12.4 Å². The molecule has 6 heteroatoms. The summed E-state index contributed by atoms with van der Waals surface area (Å²) in [4.78, 5) is 0. The molecule has 0 saturated heterocycles. The molecule has 0 aliphatic carbocycles. The van der Waals surface area contributed by atoms with Gasteiger partial charge < -0.3 is 14.5 Å². The molecule has 0 radical (unpaired) electrons. The molecule has 1 heterocycles. The van der Waals surface area contributed by atoms with Gasteiger partial charge in [0.15, 0.2) is 11.6 Å². The van der Waals surface area contributed by atoms with Crippen molar-refractivity contribution in [3.8, 4) is 5.75 Å². The molecule has 1 aromatic heterocycles. The number of ether oxygens (including phenoxy) is 1. The molecule has 21 heavy (non-hydrogen) atoms. The molecule has 1 aromatic carbocycles. The molecule has 0 unspecified atom stereocenters. The zero-order valence-electron chi connectivity index (χ0n) is 11.6. The first-order valence-electron chi connectivity index (χ1n) is 6.64. The molecule has 0 saturated carbocycles. The first kappa shape index (κ1) is 16.0. The summed E-state index contributed by atoms with van der Waals surface area (Å²) in [6.45, 7) is 3.77. The van der Waals surface area contributed by atoms with Crippen molar-refractivity contribution < 1.29 is 17.9 Å². The van der Waals surface area contributed by atoms with Crippen LogP contribution in [0.25, 0.3) is 0 Å². The lowest BCUT2D eigenvalue weighted by molar-refractivity contribution is 0.254. The maximum Gasteiger partial charge on any atom is 0.200 e. The Bertz CT molecular complexity index is 601. The van der Waals surface area contributed by atoms with E-state index in [1.807, 2.05) is 6.07 Å². The topological polar surface area (TPSA) is 34.4 Å². The molecule has 0 amide bonds. The Balaban J connectivity index is 1.94. The van der Waals surface area contributed by atoms with Crippen LogP contribution < -0.4 is 10.1 Å². The number of halogens is 3. The molecule has 2 aromatic rings. The van der Waals surface area contributed by atoms with Crippen LogP contribution in [0.15, 0.2) is 33.4 Å². The predicted octanol–water partition coefficient (Wildman–Crippen LogP) is 4.40. The number of benzene rings is 1. The molecule has 0 bridgehead atoms. The van der Waals surface area contributed by atoms with Gasteiger partial charge in [-0.1, -0.05) is 22.9 Å². The smallest absolute Gasteiger partial charge is 0.200 e. The minimum Gasteiger partial charge on any atom is -0.482 e. The van der Waals surface area contributed by atoms with Crippen molar-refractivity contribution in [3.63, 3.8) is 0 Å². The van der Waals surface area contributed by atoms with Gasteiger partial charge in [0.05, 0.1) is 6.26 Å². The number of hydrogen-bond donors (Lipinski definition) is 1. The van der Waals surface area contributed by atoms with Crippen LogP contribution in [0.5, 0.6) is 5.75 Å². The van der Waals surface area contributed by atoms with Gasteiger partial charge in [-0.3, -0.25) is 0 Å². The third-order valence-corrected chi connectivity index (χ3v) is 3.25. The Morgan fingerprint density at radius 2 is 2.10 bits per heavy atom. The minimum atomic E-state index is -1.01. The molecule has 0 aliphatic rings. The van der Waals surface area contributed by atoms with Crippen LogP contribution in [0.4, 0.5) is 8.78 Å². The van der Waals surface area contributed by atoms with Gasteiger partial charge in [-0.15, -0.1) is 0 Å². The van der Waals surface area contributed by atoms with Gasteiger partial charge in [-0.25, -0.2) is 4.39 Å². The highest BCUT2D eigenvalue weighted by Crippen LogP contribution is 2.26. The Kier molecular flexibility index (Phi) is 5.76. The zero-order chi connectivity index (χ0) is 15.2. The fourth-order valence-electron chi connectivity index (χ4n) is 1.79. The summed E-state index contributed by atoms with van der Waals surface area (Å²) in [5.41, 5.74) is 0.989. The van der Waals surface area contributed by atoms with Crippen LogP contribution in [0.2, 0.25) is 0 Å². The summed E-state index contributed by atoms with van der Waals surface area (Å²) in [6.07, 6.45) is 2.68. The molecule has 1 N–H and O–H groups in total. The van der Waals surface area contributed by atoms with E-state index in [1.54, 1.807) is 6.26 Å². The van der Waals surface area contributed by atoms with E-state index in [0.29, 0.717) is 16.8 Å². The van der Waals surface area contributed by atoms with Gasteiger partial charge >= 0.3 is 0 Å². The number of nitrogens with one attached hydrogen (secondary N) is 1. The van der Waals surface area contributed by atoms with E-state index in [2.05, 4.69) is 28.2 Å². The first-order valence-corrected chi connectivity index (χ1v) is 7.43. The largest absolute Gasteiger partial charge is 0.482 e. The highest BCUT2D eigenvalue weighted by molar-refractivity contribution is 9.10. The van der Waals surface area contributed by atoms with Crippen molar-refractivity contribution >= 4 is 15.9 Å². The van der Waals surface area contributed by atoms with Gasteiger partial charge in [0, 0.05) is 16.6 Å². The highest BCUT2D eigenvalue weighted by atomic mass is 79.9. The van der Waals surface area contributed by atoms with Crippen LogP contribution in [-0.2, 0) is 13.2 Å². The van der Waals surface area contributed by atoms with Gasteiger partial charge in [-0.05, 0) is 31.2 Å². The maximum atomic E-state index is 13.5. The van der Waals surface area contributed by atoms with Crippen LogP contribution >= 0.6 is 15.9 Å². The fourth-order valence-corrected chi connectivity index (χ4v) is 2.20. The maximum absolute atomic E-state index is 13.5. The fraction of sp³-hybridized carbons (Fsp3) is 0.333. The number of hydrogen-bond acceptors (Lipinski definition) is 3. The molecule has 0 aliphatic heterocycles. The number of furan rings is 1. The monoisotopic (exact) mass is 359 g/mol. The molecular weight excluding hydrogens is 344 g/mol. The number of rotatable bonds is 7. The lowest BCUT2D eigenvalue weighted by Gasteiger charge is -2.06. The van der Waals surface area contributed by atoms with Crippen LogP contribution in [0.1, 0.15) is 24.7 Å². The van der Waals surface area contributed by atoms with E-state index in [9.17, 15) is 8.78 Å². The summed E-state index contributed by atoms with van der Waals surface area (Å²) in [7, 11) is 0. The van der Waals surface area contributed by atoms with Crippen molar-refractivity contribution in [2.45, 2.75) is 26.5 Å². The van der Waals surface area contributed by atoms with Gasteiger partial charge in [0.2, 0.25) is 5.82 Å².